The molecule has 0 aliphatic heterocycles. The Morgan fingerprint density at radius 1 is 1.14 bits per heavy atom. The van der Waals surface area contributed by atoms with Crippen LogP contribution < -0.4 is 0 Å². The summed E-state index contributed by atoms with van der Waals surface area (Å²) in [7, 11) is 0. The molecule has 0 amide bonds. The van der Waals surface area contributed by atoms with Crippen LogP contribution in [-0.4, -0.2) is 11.2 Å². The monoisotopic (exact) mass is 300 g/mol. The largest absolute Gasteiger partial charge is 0.393 e. The van der Waals surface area contributed by atoms with Gasteiger partial charge in [0.15, 0.2) is 0 Å². The molecule has 3 unspecified atom stereocenters. The summed E-state index contributed by atoms with van der Waals surface area (Å²) in [5, 5.41) is 10.3. The fourth-order valence-corrected chi connectivity index (χ4v) is 7.13. The minimum Gasteiger partial charge on any atom is -0.393 e. The van der Waals surface area contributed by atoms with E-state index in [1.54, 1.807) is 5.57 Å². The molecule has 0 aromatic heterocycles. The molecule has 7 atom stereocenters. The van der Waals surface area contributed by atoms with Gasteiger partial charge in [-0.05, 0) is 91.9 Å². The van der Waals surface area contributed by atoms with Gasteiger partial charge in [0.2, 0.25) is 0 Å². The smallest absolute Gasteiger partial charge is 0.0545 e. The lowest BCUT2D eigenvalue weighted by Gasteiger charge is -2.57. The fraction of sp³-hybridized carbons (Fsp3) is 0.810. The van der Waals surface area contributed by atoms with Crippen molar-refractivity contribution in [2.24, 2.45) is 34.5 Å². The van der Waals surface area contributed by atoms with Gasteiger partial charge in [-0.2, -0.15) is 0 Å². The van der Waals surface area contributed by atoms with Crippen LogP contribution in [0.25, 0.3) is 0 Å². The predicted molar refractivity (Wildman–Crippen MR) is 91.4 cm³/mol. The Balaban J connectivity index is 1.68. The van der Waals surface area contributed by atoms with Crippen molar-refractivity contribution in [2.45, 2.75) is 71.8 Å². The summed E-state index contributed by atoms with van der Waals surface area (Å²) in [6.45, 7) is 7.07. The number of allylic oxidation sites excluding steroid dienone is 4. The number of fused-ring (bicyclic) bond motifs is 5. The Morgan fingerprint density at radius 3 is 2.73 bits per heavy atom. The molecule has 0 aromatic rings. The molecule has 1 heteroatoms. The predicted octanol–water partition coefficient (Wildman–Crippen LogP) is 5.11. The average Bonchev–Trinajstić information content (AvgIpc) is 2.84. The molecule has 4 rings (SSSR count). The average molecular weight is 300 g/mol. The lowest BCUT2D eigenvalue weighted by atomic mass is 9.48. The van der Waals surface area contributed by atoms with E-state index in [1.165, 1.54) is 44.9 Å². The SMILES string of the molecule is C[C@H](O)[C@H]1CCC2C3CC=C4C=CCC[C@]4(C)C3CC[C@@]21C. The lowest BCUT2D eigenvalue weighted by Crippen LogP contribution is -2.50. The normalized spacial score (nSPS) is 51.5. The van der Waals surface area contributed by atoms with Gasteiger partial charge in [-0.15, -0.1) is 0 Å². The Morgan fingerprint density at radius 2 is 1.95 bits per heavy atom. The molecule has 0 heterocycles. The standard InChI is InChI=1S/C21H32O/c1-14(22)17-9-10-18-16-8-7-15-6-4-5-12-20(15,2)19(16)11-13-21(17,18)3/h4,6-7,14,16-19,22H,5,8-13H2,1-3H3/t14-,16?,17+,18?,19?,20-,21+/m0/s1. The van der Waals surface area contributed by atoms with Crippen LogP contribution in [0.2, 0.25) is 0 Å². The summed E-state index contributed by atoms with van der Waals surface area (Å²) in [5.41, 5.74) is 2.46. The van der Waals surface area contributed by atoms with Gasteiger partial charge in [-0.3, -0.25) is 0 Å². The number of aliphatic hydroxyl groups is 1. The highest BCUT2D eigenvalue weighted by Gasteiger charge is 2.58. The van der Waals surface area contributed by atoms with Crippen molar-refractivity contribution >= 4 is 0 Å². The summed E-state index contributed by atoms with van der Waals surface area (Å²) in [4.78, 5) is 0. The second-order valence-electron chi connectivity index (χ2n) is 9.10. The van der Waals surface area contributed by atoms with Crippen molar-refractivity contribution in [3.8, 4) is 0 Å². The van der Waals surface area contributed by atoms with Crippen molar-refractivity contribution in [2.75, 3.05) is 0 Å². The van der Waals surface area contributed by atoms with Crippen LogP contribution >= 0.6 is 0 Å². The first-order chi connectivity index (χ1) is 10.5. The van der Waals surface area contributed by atoms with Crippen molar-refractivity contribution in [1.29, 1.82) is 0 Å². The molecular formula is C21H32O. The maximum atomic E-state index is 10.3. The van der Waals surface area contributed by atoms with Crippen LogP contribution in [-0.2, 0) is 0 Å². The minimum atomic E-state index is -0.130. The van der Waals surface area contributed by atoms with Gasteiger partial charge in [0.25, 0.3) is 0 Å². The highest BCUT2D eigenvalue weighted by Crippen LogP contribution is 2.66. The van der Waals surface area contributed by atoms with E-state index in [-0.39, 0.29) is 6.10 Å². The molecule has 4 aliphatic carbocycles. The van der Waals surface area contributed by atoms with Crippen LogP contribution in [0.15, 0.2) is 23.8 Å². The van der Waals surface area contributed by atoms with Crippen molar-refractivity contribution in [3.63, 3.8) is 0 Å². The molecule has 1 nitrogen and oxygen atoms in total. The molecule has 122 valence electrons. The molecule has 22 heavy (non-hydrogen) atoms. The summed E-state index contributed by atoms with van der Waals surface area (Å²) in [6.07, 6.45) is 16.4. The van der Waals surface area contributed by atoms with Gasteiger partial charge < -0.3 is 5.11 Å². The van der Waals surface area contributed by atoms with Crippen LogP contribution in [0.1, 0.15) is 65.7 Å². The number of hydrogen-bond acceptors (Lipinski definition) is 1. The minimum absolute atomic E-state index is 0.130. The van der Waals surface area contributed by atoms with Gasteiger partial charge >= 0.3 is 0 Å². The van der Waals surface area contributed by atoms with E-state index < -0.39 is 0 Å². The third-order valence-electron chi connectivity index (χ3n) is 8.31. The molecule has 0 bridgehead atoms. The molecule has 4 aliphatic rings. The van der Waals surface area contributed by atoms with Crippen LogP contribution in [0.5, 0.6) is 0 Å². The van der Waals surface area contributed by atoms with Gasteiger partial charge in [-0.25, -0.2) is 0 Å². The zero-order chi connectivity index (χ0) is 15.5. The number of aliphatic hydroxyl groups excluding tert-OH is 1. The first-order valence-corrected chi connectivity index (χ1v) is 9.52. The van der Waals surface area contributed by atoms with Crippen molar-refractivity contribution in [3.05, 3.63) is 23.8 Å². The van der Waals surface area contributed by atoms with Crippen LogP contribution in [0, 0.1) is 34.5 Å². The summed E-state index contributed by atoms with van der Waals surface area (Å²) in [5.74, 6) is 3.11. The molecule has 0 radical (unpaired) electrons. The van der Waals surface area contributed by atoms with E-state index in [0.717, 1.165) is 17.8 Å². The van der Waals surface area contributed by atoms with Crippen molar-refractivity contribution < 1.29 is 5.11 Å². The van der Waals surface area contributed by atoms with Crippen molar-refractivity contribution in [1.82, 2.24) is 0 Å². The molecule has 0 spiro atoms. The Hall–Kier alpha value is -0.560. The fourth-order valence-electron chi connectivity index (χ4n) is 7.13. The van der Waals surface area contributed by atoms with E-state index in [1.807, 2.05) is 6.92 Å². The first-order valence-electron chi connectivity index (χ1n) is 9.52. The molecule has 2 fully saturated rings. The van der Waals surface area contributed by atoms with Gasteiger partial charge in [0, 0.05) is 0 Å². The molecule has 0 saturated heterocycles. The Kier molecular flexibility index (Phi) is 3.39. The van der Waals surface area contributed by atoms with E-state index >= 15 is 0 Å². The summed E-state index contributed by atoms with van der Waals surface area (Å²) < 4.78 is 0. The molecule has 2 saturated carbocycles. The van der Waals surface area contributed by atoms with Crippen LogP contribution in [0.3, 0.4) is 0 Å². The zero-order valence-electron chi connectivity index (χ0n) is 14.5. The quantitative estimate of drug-likeness (QED) is 0.713. The van der Waals surface area contributed by atoms with Gasteiger partial charge in [0.05, 0.1) is 6.10 Å². The topological polar surface area (TPSA) is 20.2 Å². The third kappa shape index (κ3) is 1.87. The zero-order valence-corrected chi connectivity index (χ0v) is 14.5. The Bertz CT molecular complexity index is 516. The lowest BCUT2D eigenvalue weighted by molar-refractivity contribution is -0.0581. The second kappa shape index (κ2) is 4.97. The third-order valence-corrected chi connectivity index (χ3v) is 8.31. The number of hydrogen-bond donors (Lipinski definition) is 1. The van der Waals surface area contributed by atoms with E-state index in [9.17, 15) is 5.11 Å². The maximum Gasteiger partial charge on any atom is 0.0545 e. The van der Waals surface area contributed by atoms with Gasteiger partial charge in [-0.1, -0.05) is 32.1 Å². The molecule has 1 N–H and O–H groups in total. The first kappa shape index (κ1) is 15.0. The highest BCUT2D eigenvalue weighted by molar-refractivity contribution is 5.34. The van der Waals surface area contributed by atoms with E-state index in [2.05, 4.69) is 32.1 Å². The molecule has 0 aromatic carbocycles. The summed E-state index contributed by atoms with van der Waals surface area (Å²) >= 11 is 0. The molecular weight excluding hydrogens is 268 g/mol. The van der Waals surface area contributed by atoms with E-state index in [4.69, 9.17) is 0 Å². The number of rotatable bonds is 1. The highest BCUT2D eigenvalue weighted by atomic mass is 16.3. The Labute approximate surface area is 135 Å². The maximum absolute atomic E-state index is 10.3. The van der Waals surface area contributed by atoms with Gasteiger partial charge in [0.1, 0.15) is 0 Å². The van der Waals surface area contributed by atoms with E-state index in [0.29, 0.717) is 16.7 Å². The van der Waals surface area contributed by atoms with Crippen LogP contribution in [0.4, 0.5) is 0 Å². The second-order valence-corrected chi connectivity index (χ2v) is 9.10. The summed E-state index contributed by atoms with van der Waals surface area (Å²) in [6, 6.07) is 0.